The fourth-order valence-electron chi connectivity index (χ4n) is 2.73. The van der Waals surface area contributed by atoms with Crippen LogP contribution in [0.1, 0.15) is 22.8 Å². The minimum atomic E-state index is -0.473. The van der Waals surface area contributed by atoms with Gasteiger partial charge in [0.2, 0.25) is 5.43 Å². The summed E-state index contributed by atoms with van der Waals surface area (Å²) >= 11 is 12.1. The topological polar surface area (TPSA) is 51.1 Å². The van der Waals surface area contributed by atoms with Gasteiger partial charge in [0, 0.05) is 33.9 Å². The summed E-state index contributed by atoms with van der Waals surface area (Å²) in [7, 11) is 0. The van der Waals surface area contributed by atoms with Crippen molar-refractivity contribution < 1.29 is 4.79 Å². The van der Waals surface area contributed by atoms with Crippen LogP contribution in [-0.4, -0.2) is 10.5 Å². The lowest BCUT2D eigenvalue weighted by Crippen LogP contribution is -2.24. The van der Waals surface area contributed by atoms with E-state index in [0.717, 1.165) is 11.1 Å². The molecule has 0 aliphatic carbocycles. The molecule has 0 spiro atoms. The van der Waals surface area contributed by atoms with Gasteiger partial charge >= 0.3 is 0 Å². The number of nitrogens with one attached hydrogen (secondary N) is 1. The third-order valence-electron chi connectivity index (χ3n) is 4.14. The van der Waals surface area contributed by atoms with Crippen molar-refractivity contribution in [1.29, 1.82) is 0 Å². The van der Waals surface area contributed by atoms with Crippen LogP contribution in [0.15, 0.2) is 47.4 Å². The molecular formula is C19H16Cl2N2O2. The van der Waals surface area contributed by atoms with Crippen molar-refractivity contribution in [3.63, 3.8) is 0 Å². The molecule has 0 radical (unpaired) electrons. The molecular weight excluding hydrogens is 359 g/mol. The van der Waals surface area contributed by atoms with Crippen LogP contribution < -0.4 is 10.7 Å². The van der Waals surface area contributed by atoms with Gasteiger partial charge in [-0.05, 0) is 49.7 Å². The number of pyridine rings is 1. The van der Waals surface area contributed by atoms with E-state index in [1.165, 1.54) is 0 Å². The zero-order chi connectivity index (χ0) is 18.1. The Bertz CT molecular complexity index is 1040. The number of fused-ring (bicyclic) bond motifs is 1. The zero-order valence-corrected chi connectivity index (χ0v) is 15.3. The Morgan fingerprint density at radius 2 is 1.96 bits per heavy atom. The summed E-state index contributed by atoms with van der Waals surface area (Å²) in [6.07, 6.45) is 1.58. The molecule has 1 aromatic heterocycles. The summed E-state index contributed by atoms with van der Waals surface area (Å²) in [6, 6.07) is 10.3. The Hall–Kier alpha value is -2.30. The van der Waals surface area contributed by atoms with Crippen LogP contribution >= 0.6 is 23.2 Å². The smallest absolute Gasteiger partial charge is 0.261 e. The molecule has 0 bridgehead atoms. The Morgan fingerprint density at radius 3 is 2.68 bits per heavy atom. The van der Waals surface area contributed by atoms with Gasteiger partial charge in [-0.1, -0.05) is 29.3 Å². The van der Waals surface area contributed by atoms with Gasteiger partial charge in [-0.25, -0.2) is 0 Å². The number of benzene rings is 2. The number of amides is 1. The van der Waals surface area contributed by atoms with E-state index < -0.39 is 5.91 Å². The SMILES string of the molecule is CCn1cc(C(=O)Nc2cccc(Cl)c2C)c(=O)c2cc(Cl)ccc21. The standard InChI is InChI=1S/C19H16Cl2N2O2/c1-3-23-10-14(18(24)13-9-12(20)7-8-17(13)23)19(25)22-16-6-4-5-15(21)11(16)2/h4-10H,3H2,1-2H3,(H,22,25). The summed E-state index contributed by atoms with van der Waals surface area (Å²) in [5.74, 6) is -0.473. The van der Waals surface area contributed by atoms with Crippen LogP contribution in [0.3, 0.4) is 0 Å². The van der Waals surface area contributed by atoms with Gasteiger partial charge in [-0.3, -0.25) is 9.59 Å². The molecule has 128 valence electrons. The van der Waals surface area contributed by atoms with E-state index in [4.69, 9.17) is 23.2 Å². The number of carbonyl (C=O) groups excluding carboxylic acids is 1. The number of rotatable bonds is 3. The van der Waals surface area contributed by atoms with E-state index in [1.807, 2.05) is 18.4 Å². The summed E-state index contributed by atoms with van der Waals surface area (Å²) < 4.78 is 1.85. The van der Waals surface area contributed by atoms with Crippen LogP contribution in [0.5, 0.6) is 0 Å². The van der Waals surface area contributed by atoms with E-state index in [2.05, 4.69) is 5.32 Å². The molecule has 1 heterocycles. The van der Waals surface area contributed by atoms with Gasteiger partial charge in [-0.2, -0.15) is 0 Å². The van der Waals surface area contributed by atoms with E-state index in [1.54, 1.807) is 42.6 Å². The normalized spacial score (nSPS) is 10.9. The van der Waals surface area contributed by atoms with Gasteiger partial charge < -0.3 is 9.88 Å². The molecule has 2 aromatic carbocycles. The van der Waals surface area contributed by atoms with Crippen LogP contribution in [0.2, 0.25) is 10.0 Å². The lowest BCUT2D eigenvalue weighted by Gasteiger charge is -2.13. The summed E-state index contributed by atoms with van der Waals surface area (Å²) in [6.45, 7) is 4.37. The molecule has 1 N–H and O–H groups in total. The number of hydrogen-bond acceptors (Lipinski definition) is 2. The number of aromatic nitrogens is 1. The van der Waals surface area contributed by atoms with Gasteiger partial charge in [-0.15, -0.1) is 0 Å². The fraction of sp³-hybridized carbons (Fsp3) is 0.158. The first-order chi connectivity index (χ1) is 11.9. The van der Waals surface area contributed by atoms with Crippen molar-refractivity contribution in [2.45, 2.75) is 20.4 Å². The Morgan fingerprint density at radius 1 is 1.20 bits per heavy atom. The maximum atomic E-state index is 12.8. The predicted molar refractivity (Wildman–Crippen MR) is 103 cm³/mol. The number of hydrogen-bond donors (Lipinski definition) is 1. The average Bonchev–Trinajstić information content (AvgIpc) is 2.59. The number of carbonyl (C=O) groups is 1. The summed E-state index contributed by atoms with van der Waals surface area (Å²) in [5.41, 5.74) is 1.78. The number of anilines is 1. The third-order valence-corrected chi connectivity index (χ3v) is 4.79. The van der Waals surface area contributed by atoms with Gasteiger partial charge in [0.15, 0.2) is 0 Å². The highest BCUT2D eigenvalue weighted by Gasteiger charge is 2.16. The van der Waals surface area contributed by atoms with Crippen LogP contribution in [0.4, 0.5) is 5.69 Å². The first-order valence-electron chi connectivity index (χ1n) is 7.81. The zero-order valence-electron chi connectivity index (χ0n) is 13.8. The van der Waals surface area contributed by atoms with E-state index >= 15 is 0 Å². The van der Waals surface area contributed by atoms with Gasteiger partial charge in [0.1, 0.15) is 5.56 Å². The number of aryl methyl sites for hydroxylation is 1. The molecule has 3 aromatic rings. The first kappa shape index (κ1) is 17.5. The Balaban J connectivity index is 2.11. The maximum absolute atomic E-state index is 12.8. The van der Waals surface area contributed by atoms with Crippen molar-refractivity contribution >= 4 is 45.7 Å². The van der Waals surface area contributed by atoms with Crippen molar-refractivity contribution in [3.05, 3.63) is 74.0 Å². The molecule has 0 fully saturated rings. The Kier molecular flexibility index (Phi) is 4.84. The van der Waals surface area contributed by atoms with E-state index in [-0.39, 0.29) is 11.0 Å². The molecule has 6 heteroatoms. The minimum Gasteiger partial charge on any atom is -0.347 e. The number of nitrogens with zero attached hydrogens (tertiary/aromatic N) is 1. The average molecular weight is 375 g/mol. The summed E-state index contributed by atoms with van der Waals surface area (Å²) in [4.78, 5) is 25.5. The maximum Gasteiger partial charge on any atom is 0.261 e. The van der Waals surface area contributed by atoms with Crippen molar-refractivity contribution in [2.75, 3.05) is 5.32 Å². The molecule has 0 aliphatic heterocycles. The monoisotopic (exact) mass is 374 g/mol. The van der Waals surface area contributed by atoms with Crippen molar-refractivity contribution in [2.24, 2.45) is 0 Å². The molecule has 0 aliphatic rings. The fourth-order valence-corrected chi connectivity index (χ4v) is 3.07. The quantitative estimate of drug-likeness (QED) is 0.709. The highest BCUT2D eigenvalue weighted by Crippen LogP contribution is 2.24. The molecule has 1 amide bonds. The predicted octanol–water partition coefficient (Wildman–Crippen LogP) is 4.89. The highest BCUT2D eigenvalue weighted by molar-refractivity contribution is 6.32. The van der Waals surface area contributed by atoms with Crippen molar-refractivity contribution in [3.8, 4) is 0 Å². The lowest BCUT2D eigenvalue weighted by atomic mass is 10.1. The van der Waals surface area contributed by atoms with Gasteiger partial charge in [0.25, 0.3) is 5.91 Å². The molecule has 25 heavy (non-hydrogen) atoms. The molecule has 0 unspecified atom stereocenters. The first-order valence-corrected chi connectivity index (χ1v) is 8.57. The van der Waals surface area contributed by atoms with Crippen LogP contribution in [-0.2, 0) is 6.54 Å². The van der Waals surface area contributed by atoms with Crippen LogP contribution in [0.25, 0.3) is 10.9 Å². The second-order valence-corrected chi connectivity index (χ2v) is 6.53. The van der Waals surface area contributed by atoms with E-state index in [9.17, 15) is 9.59 Å². The highest BCUT2D eigenvalue weighted by atomic mass is 35.5. The van der Waals surface area contributed by atoms with Crippen molar-refractivity contribution in [1.82, 2.24) is 4.57 Å². The third kappa shape index (κ3) is 3.28. The number of halogens is 2. The molecule has 4 nitrogen and oxygen atoms in total. The lowest BCUT2D eigenvalue weighted by molar-refractivity contribution is 0.102. The largest absolute Gasteiger partial charge is 0.347 e. The van der Waals surface area contributed by atoms with Crippen LogP contribution in [0, 0.1) is 6.92 Å². The summed E-state index contributed by atoms with van der Waals surface area (Å²) in [5, 5.41) is 4.19. The van der Waals surface area contributed by atoms with E-state index in [0.29, 0.717) is 27.7 Å². The second-order valence-electron chi connectivity index (χ2n) is 5.69. The second kappa shape index (κ2) is 6.90. The molecule has 0 atom stereocenters. The molecule has 0 saturated heterocycles. The molecule has 3 rings (SSSR count). The minimum absolute atomic E-state index is 0.0657. The van der Waals surface area contributed by atoms with Gasteiger partial charge in [0.05, 0.1) is 5.52 Å². The molecule has 0 saturated carbocycles. The Labute approximate surface area is 155 Å².